The van der Waals surface area contributed by atoms with Gasteiger partial charge in [0.15, 0.2) is 5.78 Å². The summed E-state index contributed by atoms with van der Waals surface area (Å²) in [6, 6.07) is 12.8. The lowest BCUT2D eigenvalue weighted by atomic mass is 9.82. The first-order valence-corrected chi connectivity index (χ1v) is 11.0. The van der Waals surface area contributed by atoms with Crippen molar-refractivity contribution in [3.63, 3.8) is 0 Å². The fraction of sp³-hybridized carbons (Fsp3) is 0.280. The zero-order valence-electron chi connectivity index (χ0n) is 18.3. The molecule has 170 valence electrons. The maximum atomic E-state index is 13.5. The van der Waals surface area contributed by atoms with Crippen molar-refractivity contribution < 1.29 is 23.9 Å². The molecule has 0 unspecified atom stereocenters. The summed E-state index contributed by atoms with van der Waals surface area (Å²) in [5.41, 5.74) is 1.42. The molecule has 4 rings (SSSR count). The van der Waals surface area contributed by atoms with Gasteiger partial charge in [-0.1, -0.05) is 47.5 Å². The van der Waals surface area contributed by atoms with Crippen molar-refractivity contribution in [3.05, 3.63) is 76.3 Å². The number of allylic oxidation sites excluding steroid dienone is 2. The number of amides is 3. The van der Waals surface area contributed by atoms with E-state index in [-0.39, 0.29) is 10.6 Å². The Morgan fingerprint density at radius 3 is 2.55 bits per heavy atom. The molecule has 1 aliphatic carbocycles. The molecule has 2 aromatic rings. The molecule has 0 aromatic heterocycles. The van der Waals surface area contributed by atoms with Crippen molar-refractivity contribution in [2.45, 2.75) is 19.8 Å². The number of Topliss-reactive ketones (excluding diaryl/α,β-unsaturated/α-hetero) is 1. The van der Waals surface area contributed by atoms with Gasteiger partial charge in [0.1, 0.15) is 12.3 Å². The van der Waals surface area contributed by atoms with Crippen LogP contribution in [-0.2, 0) is 9.59 Å². The van der Waals surface area contributed by atoms with Gasteiger partial charge in [-0.3, -0.25) is 19.2 Å². The minimum Gasteiger partial charge on any atom is -0.497 e. The molecular formula is C25H23ClN2O5. The van der Waals surface area contributed by atoms with E-state index in [0.29, 0.717) is 24.2 Å². The van der Waals surface area contributed by atoms with Crippen LogP contribution >= 0.6 is 11.6 Å². The van der Waals surface area contributed by atoms with Crippen molar-refractivity contribution in [3.8, 4) is 5.75 Å². The van der Waals surface area contributed by atoms with Crippen molar-refractivity contribution in [2.24, 2.45) is 11.8 Å². The van der Waals surface area contributed by atoms with Gasteiger partial charge >= 0.3 is 0 Å². The molecule has 2 atom stereocenters. The lowest BCUT2D eigenvalue weighted by Crippen LogP contribution is -2.52. The number of carbonyl (C=O) groups excluding carboxylic acids is 4. The van der Waals surface area contributed by atoms with E-state index < -0.39 is 41.9 Å². The van der Waals surface area contributed by atoms with E-state index in [1.807, 2.05) is 13.0 Å². The lowest BCUT2D eigenvalue weighted by Gasteiger charge is -2.30. The van der Waals surface area contributed by atoms with E-state index in [2.05, 4.69) is 0 Å². The summed E-state index contributed by atoms with van der Waals surface area (Å²) < 4.78 is 5.18. The average molecular weight is 467 g/mol. The summed E-state index contributed by atoms with van der Waals surface area (Å²) in [6.45, 7) is 1.41. The number of carbonyl (C=O) groups is 4. The highest BCUT2D eigenvalue weighted by atomic mass is 35.5. The minimum absolute atomic E-state index is 0.0994. The lowest BCUT2D eigenvalue weighted by molar-refractivity contribution is -0.154. The van der Waals surface area contributed by atoms with Crippen LogP contribution in [0.15, 0.2) is 60.2 Å². The van der Waals surface area contributed by atoms with Gasteiger partial charge in [-0.25, -0.2) is 5.01 Å². The number of benzene rings is 2. The summed E-state index contributed by atoms with van der Waals surface area (Å²) >= 11 is 6.23. The summed E-state index contributed by atoms with van der Waals surface area (Å²) in [4.78, 5) is 53.2. The molecular weight excluding hydrogens is 444 g/mol. The second kappa shape index (κ2) is 9.19. The molecule has 3 amide bonds. The number of ether oxygens (including phenoxy) is 1. The minimum atomic E-state index is -0.693. The first kappa shape index (κ1) is 22.7. The number of nitrogens with zero attached hydrogens (tertiary/aromatic N) is 2. The van der Waals surface area contributed by atoms with Crippen molar-refractivity contribution in [2.75, 3.05) is 13.7 Å². The highest BCUT2D eigenvalue weighted by Crippen LogP contribution is 2.38. The number of hydrogen-bond donors (Lipinski definition) is 0. The van der Waals surface area contributed by atoms with Crippen LogP contribution in [0.3, 0.4) is 0 Å². The molecule has 0 N–H and O–H groups in total. The van der Waals surface area contributed by atoms with Crippen LogP contribution < -0.4 is 4.74 Å². The normalized spacial score (nSPS) is 19.7. The van der Waals surface area contributed by atoms with E-state index in [9.17, 15) is 19.2 Å². The van der Waals surface area contributed by atoms with Gasteiger partial charge in [0.2, 0.25) is 0 Å². The Labute approximate surface area is 196 Å². The smallest absolute Gasteiger partial charge is 0.274 e. The van der Waals surface area contributed by atoms with Crippen LogP contribution in [0.4, 0.5) is 0 Å². The summed E-state index contributed by atoms with van der Waals surface area (Å²) in [7, 11) is 1.48. The Bertz CT molecular complexity index is 1170. The Morgan fingerprint density at radius 2 is 1.82 bits per heavy atom. The molecule has 0 saturated carbocycles. The van der Waals surface area contributed by atoms with Gasteiger partial charge in [-0.05, 0) is 44.0 Å². The second-order valence-electron chi connectivity index (χ2n) is 8.19. The largest absolute Gasteiger partial charge is 0.497 e. The van der Waals surface area contributed by atoms with Gasteiger partial charge in [0, 0.05) is 5.56 Å². The Balaban J connectivity index is 1.71. The molecule has 2 aromatic carbocycles. The zero-order chi connectivity index (χ0) is 23.7. The number of hydrazine groups is 1. The summed E-state index contributed by atoms with van der Waals surface area (Å²) in [5, 5.41) is 1.95. The van der Waals surface area contributed by atoms with Crippen LogP contribution in [0.1, 0.15) is 40.5 Å². The Morgan fingerprint density at radius 1 is 1.09 bits per heavy atom. The maximum Gasteiger partial charge on any atom is 0.274 e. The van der Waals surface area contributed by atoms with E-state index in [1.165, 1.54) is 19.2 Å². The molecule has 33 heavy (non-hydrogen) atoms. The van der Waals surface area contributed by atoms with Crippen LogP contribution in [-0.4, -0.2) is 47.2 Å². The van der Waals surface area contributed by atoms with Crippen LogP contribution in [0.25, 0.3) is 0 Å². The molecule has 1 fully saturated rings. The molecule has 1 saturated heterocycles. The first-order chi connectivity index (χ1) is 15.8. The molecule has 7 nitrogen and oxygen atoms in total. The maximum absolute atomic E-state index is 13.5. The topological polar surface area (TPSA) is 84.0 Å². The second-order valence-corrected chi connectivity index (χ2v) is 8.60. The molecule has 8 heteroatoms. The number of halogens is 1. The van der Waals surface area contributed by atoms with Crippen molar-refractivity contribution in [1.29, 1.82) is 0 Å². The summed E-state index contributed by atoms with van der Waals surface area (Å²) in [5.74, 6) is -2.71. The third kappa shape index (κ3) is 4.28. The van der Waals surface area contributed by atoms with Crippen molar-refractivity contribution >= 4 is 35.1 Å². The highest BCUT2D eigenvalue weighted by Gasteiger charge is 2.51. The fourth-order valence-corrected chi connectivity index (χ4v) is 4.51. The van der Waals surface area contributed by atoms with Gasteiger partial charge < -0.3 is 4.74 Å². The third-order valence-corrected chi connectivity index (χ3v) is 6.39. The number of rotatable bonds is 6. The molecule has 0 radical (unpaired) electrons. The van der Waals surface area contributed by atoms with Gasteiger partial charge in [0.05, 0.1) is 29.5 Å². The molecule has 1 aliphatic heterocycles. The molecule has 0 spiro atoms. The molecule has 1 heterocycles. The number of fused-ring (bicyclic) bond motifs is 1. The monoisotopic (exact) mass is 466 g/mol. The number of imide groups is 1. The van der Waals surface area contributed by atoms with Gasteiger partial charge in [-0.2, -0.15) is 5.01 Å². The predicted octanol–water partition coefficient (Wildman–Crippen LogP) is 3.93. The van der Waals surface area contributed by atoms with Crippen molar-refractivity contribution in [1.82, 2.24) is 10.0 Å². The fourth-order valence-electron chi connectivity index (χ4n) is 4.29. The van der Waals surface area contributed by atoms with E-state index >= 15 is 0 Å². The van der Waals surface area contributed by atoms with Gasteiger partial charge in [-0.15, -0.1) is 0 Å². The molecule has 0 bridgehead atoms. The van der Waals surface area contributed by atoms with Gasteiger partial charge in [0.25, 0.3) is 17.7 Å². The van der Waals surface area contributed by atoms with Crippen LogP contribution in [0, 0.1) is 11.8 Å². The number of methoxy groups -OCH3 is 1. The number of hydrogen-bond acceptors (Lipinski definition) is 5. The quantitative estimate of drug-likeness (QED) is 0.366. The number of ketones is 1. The average Bonchev–Trinajstić information content (AvgIpc) is 3.06. The van der Waals surface area contributed by atoms with E-state index in [0.717, 1.165) is 15.6 Å². The SMILES string of the molecule is COc1cccc(C(=O)CN(C(=O)c2ccccc2Cl)N2C(=O)[C@H]3CC(C)=CC[C@H]3C2=O)c1. The standard InChI is InChI=1S/C25H23ClN2O5/c1-15-10-11-18-20(12-15)25(32)28(24(18)31)27(23(30)19-8-3-4-9-21(19)26)14-22(29)16-6-5-7-17(13-16)33-2/h3-10,13,18,20H,11-12,14H2,1-2H3/t18-,20+/m1/s1. The predicted molar refractivity (Wildman–Crippen MR) is 122 cm³/mol. The molecule has 2 aliphatic rings. The highest BCUT2D eigenvalue weighted by molar-refractivity contribution is 6.34. The Hall–Kier alpha value is -3.45. The first-order valence-electron chi connectivity index (χ1n) is 10.6. The zero-order valence-corrected chi connectivity index (χ0v) is 19.0. The van der Waals surface area contributed by atoms with Crippen LogP contribution in [0.2, 0.25) is 5.02 Å². The third-order valence-electron chi connectivity index (χ3n) is 6.06. The van der Waals surface area contributed by atoms with Crippen LogP contribution in [0.5, 0.6) is 5.75 Å². The van der Waals surface area contributed by atoms with E-state index in [4.69, 9.17) is 16.3 Å². The summed E-state index contributed by atoms with van der Waals surface area (Å²) in [6.07, 6.45) is 2.82. The van der Waals surface area contributed by atoms with E-state index in [1.54, 1.807) is 36.4 Å². The Kier molecular flexibility index (Phi) is 6.33.